The van der Waals surface area contributed by atoms with Crippen LogP contribution in [0.3, 0.4) is 0 Å². The number of allylic oxidation sites excluding steroid dienone is 3. The van der Waals surface area contributed by atoms with Crippen LogP contribution in [0.25, 0.3) is 0 Å². The number of hydrogen-bond acceptors (Lipinski definition) is 5. The van der Waals surface area contributed by atoms with E-state index in [4.69, 9.17) is 28.3 Å². The van der Waals surface area contributed by atoms with Crippen LogP contribution in [0, 0.1) is 10.1 Å². The van der Waals surface area contributed by atoms with Gasteiger partial charge in [0.05, 0.1) is 10.3 Å². The standard InChI is InChI=1S/C14H12Cl2N2O5S/c15-13-7-9(24(17,22)23)5-6-14(13,16)11-4-2-1-3-10(11)12(19)8-18(20)21/h1-7,13H,8H2,(H2,17,22,23). The maximum atomic E-state index is 12.1. The van der Waals surface area contributed by atoms with Crippen molar-refractivity contribution in [1.29, 1.82) is 0 Å². The fourth-order valence-corrected chi connectivity index (χ4v) is 3.58. The summed E-state index contributed by atoms with van der Waals surface area (Å²) in [5, 5.41) is 14.6. The van der Waals surface area contributed by atoms with E-state index < -0.39 is 37.5 Å². The molecule has 0 aliphatic heterocycles. The molecule has 0 fully saturated rings. The number of hydrogen-bond donors (Lipinski definition) is 1. The van der Waals surface area contributed by atoms with Crippen molar-refractivity contribution in [2.45, 2.75) is 10.3 Å². The van der Waals surface area contributed by atoms with Gasteiger partial charge in [-0.3, -0.25) is 14.9 Å². The topological polar surface area (TPSA) is 120 Å². The molecule has 0 bridgehead atoms. The number of nitrogens with two attached hydrogens (primary N) is 1. The Balaban J connectivity index is 2.50. The van der Waals surface area contributed by atoms with E-state index in [1.807, 2.05) is 0 Å². The summed E-state index contributed by atoms with van der Waals surface area (Å²) in [4.78, 5) is 20.3. The molecule has 2 rings (SSSR count). The van der Waals surface area contributed by atoms with Crippen molar-refractivity contribution < 1.29 is 18.1 Å². The molecular weight excluding hydrogens is 379 g/mol. The zero-order valence-electron chi connectivity index (χ0n) is 12.1. The van der Waals surface area contributed by atoms with Gasteiger partial charge in [0, 0.05) is 10.5 Å². The quantitative estimate of drug-likeness (QED) is 0.356. The van der Waals surface area contributed by atoms with Gasteiger partial charge in [0.25, 0.3) is 6.54 Å². The minimum atomic E-state index is -3.96. The number of carbonyl (C=O) groups is 1. The zero-order chi connectivity index (χ0) is 18.1. The first-order valence-electron chi connectivity index (χ1n) is 6.57. The summed E-state index contributed by atoms with van der Waals surface area (Å²) in [5.74, 6) is -0.728. The molecule has 0 radical (unpaired) electrons. The van der Waals surface area contributed by atoms with Crippen molar-refractivity contribution in [3.8, 4) is 0 Å². The summed E-state index contributed by atoms with van der Waals surface area (Å²) in [5.41, 5.74) is 0.298. The maximum absolute atomic E-state index is 12.1. The van der Waals surface area contributed by atoms with E-state index >= 15 is 0 Å². The van der Waals surface area contributed by atoms with Gasteiger partial charge in [0.2, 0.25) is 15.8 Å². The summed E-state index contributed by atoms with van der Waals surface area (Å²) < 4.78 is 22.8. The van der Waals surface area contributed by atoms with Gasteiger partial charge < -0.3 is 0 Å². The van der Waals surface area contributed by atoms with E-state index in [0.29, 0.717) is 0 Å². The number of ketones is 1. The van der Waals surface area contributed by atoms with Crippen molar-refractivity contribution in [2.24, 2.45) is 5.14 Å². The van der Waals surface area contributed by atoms with Gasteiger partial charge in [0.1, 0.15) is 4.87 Å². The normalized spacial score (nSPS) is 23.6. The van der Waals surface area contributed by atoms with E-state index in [0.717, 1.165) is 0 Å². The number of nitrogens with zero attached hydrogens (tertiary/aromatic N) is 1. The average Bonchev–Trinajstić information content (AvgIpc) is 2.48. The fourth-order valence-electron chi connectivity index (χ4n) is 2.31. The van der Waals surface area contributed by atoms with Crippen LogP contribution in [-0.2, 0) is 14.9 Å². The van der Waals surface area contributed by atoms with Gasteiger partial charge in [-0.25, -0.2) is 13.6 Å². The molecular formula is C14H12Cl2N2O5S. The van der Waals surface area contributed by atoms with Gasteiger partial charge >= 0.3 is 0 Å². The number of rotatable bonds is 5. The van der Waals surface area contributed by atoms with Crippen molar-refractivity contribution in [2.75, 3.05) is 6.54 Å². The number of alkyl halides is 2. The van der Waals surface area contributed by atoms with Gasteiger partial charge in [-0.2, -0.15) is 0 Å². The van der Waals surface area contributed by atoms with Crippen LogP contribution in [0.2, 0.25) is 0 Å². The monoisotopic (exact) mass is 390 g/mol. The summed E-state index contributed by atoms with van der Waals surface area (Å²) in [7, 11) is -3.96. The minimum Gasteiger partial charge on any atom is -0.287 e. The molecule has 0 saturated carbocycles. The van der Waals surface area contributed by atoms with Crippen LogP contribution in [0.4, 0.5) is 0 Å². The van der Waals surface area contributed by atoms with E-state index in [1.165, 1.54) is 36.4 Å². The highest BCUT2D eigenvalue weighted by atomic mass is 35.5. The molecule has 2 N–H and O–H groups in total. The molecule has 0 amide bonds. The van der Waals surface area contributed by atoms with Gasteiger partial charge in [-0.15, -0.1) is 23.2 Å². The molecule has 0 saturated heterocycles. The Hall–Kier alpha value is -1.74. The van der Waals surface area contributed by atoms with Crippen molar-refractivity contribution >= 4 is 39.0 Å². The Bertz CT molecular complexity index is 866. The molecule has 24 heavy (non-hydrogen) atoms. The summed E-state index contributed by atoms with van der Waals surface area (Å²) in [6.45, 7) is -0.890. The Labute approximate surface area is 147 Å². The lowest BCUT2D eigenvalue weighted by atomic mass is 9.86. The number of benzene rings is 1. The van der Waals surface area contributed by atoms with E-state index in [-0.39, 0.29) is 16.0 Å². The molecule has 0 spiro atoms. The van der Waals surface area contributed by atoms with Crippen LogP contribution < -0.4 is 5.14 Å². The third-order valence-corrected chi connectivity index (χ3v) is 5.52. The predicted molar refractivity (Wildman–Crippen MR) is 90.1 cm³/mol. The Kier molecular flexibility index (Phi) is 5.14. The van der Waals surface area contributed by atoms with Crippen LogP contribution in [0.15, 0.2) is 47.4 Å². The summed E-state index contributed by atoms with van der Waals surface area (Å²) in [6.07, 6.45) is 3.67. The second-order valence-electron chi connectivity index (χ2n) is 5.08. The van der Waals surface area contributed by atoms with Crippen molar-refractivity contribution in [3.05, 3.63) is 68.6 Å². The fraction of sp³-hybridized carbons (Fsp3) is 0.214. The highest BCUT2D eigenvalue weighted by Crippen LogP contribution is 2.43. The Morgan fingerprint density at radius 2 is 2.00 bits per heavy atom. The Morgan fingerprint density at radius 1 is 1.38 bits per heavy atom. The highest BCUT2D eigenvalue weighted by Gasteiger charge is 2.40. The molecule has 10 heteroatoms. The SMILES string of the molecule is NS(=O)(=O)C1=CC(Cl)C(Cl)(c2ccccc2C(=O)C[N+](=O)[O-])C=C1. The highest BCUT2D eigenvalue weighted by molar-refractivity contribution is 7.93. The second kappa shape index (κ2) is 6.64. The lowest BCUT2D eigenvalue weighted by Gasteiger charge is -2.31. The number of carbonyl (C=O) groups excluding carboxylic acids is 1. The smallest absolute Gasteiger partial charge is 0.265 e. The number of Topliss-reactive ketones (excluding diaryl/α,β-unsaturated/α-hetero) is 1. The van der Waals surface area contributed by atoms with Crippen LogP contribution >= 0.6 is 23.2 Å². The second-order valence-corrected chi connectivity index (χ2v) is 7.73. The molecule has 2 unspecified atom stereocenters. The minimum absolute atomic E-state index is 0.0481. The average molecular weight is 391 g/mol. The van der Waals surface area contributed by atoms with Gasteiger partial charge in [-0.05, 0) is 17.7 Å². The lowest BCUT2D eigenvalue weighted by Crippen LogP contribution is -2.33. The lowest BCUT2D eigenvalue weighted by molar-refractivity contribution is -0.465. The van der Waals surface area contributed by atoms with E-state index in [1.54, 1.807) is 6.07 Å². The summed E-state index contributed by atoms with van der Waals surface area (Å²) in [6, 6.07) is 6.05. The first-order chi connectivity index (χ1) is 11.1. The van der Waals surface area contributed by atoms with Crippen LogP contribution in [0.5, 0.6) is 0 Å². The summed E-state index contributed by atoms with van der Waals surface area (Å²) >= 11 is 12.7. The van der Waals surface area contributed by atoms with Crippen LogP contribution in [-0.4, -0.2) is 31.0 Å². The Morgan fingerprint density at radius 3 is 2.54 bits per heavy atom. The van der Waals surface area contributed by atoms with Crippen molar-refractivity contribution in [3.63, 3.8) is 0 Å². The number of primary sulfonamides is 1. The first kappa shape index (κ1) is 18.6. The molecule has 1 aromatic carbocycles. The molecule has 7 nitrogen and oxygen atoms in total. The number of sulfonamides is 1. The van der Waals surface area contributed by atoms with Gasteiger partial charge in [0.15, 0.2) is 0 Å². The maximum Gasteiger partial charge on any atom is 0.265 e. The molecule has 2 atom stereocenters. The number of nitro groups is 1. The molecule has 0 aromatic heterocycles. The molecule has 1 aliphatic rings. The van der Waals surface area contributed by atoms with E-state index in [9.17, 15) is 23.3 Å². The first-order valence-corrected chi connectivity index (χ1v) is 8.93. The van der Waals surface area contributed by atoms with Crippen molar-refractivity contribution in [1.82, 2.24) is 0 Å². The van der Waals surface area contributed by atoms with Gasteiger partial charge in [-0.1, -0.05) is 30.3 Å². The molecule has 0 heterocycles. The third kappa shape index (κ3) is 3.67. The third-order valence-electron chi connectivity index (χ3n) is 3.44. The molecule has 1 aromatic rings. The predicted octanol–water partition coefficient (Wildman–Crippen LogP) is 1.93. The van der Waals surface area contributed by atoms with Crippen LogP contribution in [0.1, 0.15) is 15.9 Å². The largest absolute Gasteiger partial charge is 0.287 e. The molecule has 128 valence electrons. The molecule has 1 aliphatic carbocycles. The number of halogens is 2. The van der Waals surface area contributed by atoms with E-state index in [2.05, 4.69) is 0 Å². The zero-order valence-corrected chi connectivity index (χ0v) is 14.4.